The first-order valence-corrected chi connectivity index (χ1v) is 5.56. The fourth-order valence-corrected chi connectivity index (χ4v) is 2.18. The molecule has 16 heavy (non-hydrogen) atoms. The van der Waals surface area contributed by atoms with Gasteiger partial charge in [0.25, 0.3) is 0 Å². The van der Waals surface area contributed by atoms with Gasteiger partial charge in [0.1, 0.15) is 0 Å². The Morgan fingerprint density at radius 3 is 2.31 bits per heavy atom. The summed E-state index contributed by atoms with van der Waals surface area (Å²) in [5, 5.41) is 16.6. The van der Waals surface area contributed by atoms with E-state index in [0.717, 1.165) is 25.2 Å². The second kappa shape index (κ2) is 5.94. The third kappa shape index (κ3) is 2.93. The van der Waals surface area contributed by atoms with Crippen molar-refractivity contribution in [2.75, 3.05) is 19.6 Å². The Kier molecular flexibility index (Phi) is 5.15. The molecule has 0 saturated carbocycles. The maximum atomic E-state index is 9.43. The zero-order valence-electron chi connectivity index (χ0n) is 8.46. The lowest BCUT2D eigenvalue weighted by atomic mass is 10.1. The topological polar surface area (TPSA) is 44.3 Å². The summed E-state index contributed by atoms with van der Waals surface area (Å²) in [6.45, 7) is 2.73. The maximum absolute atomic E-state index is 9.43. The second-order valence-corrected chi connectivity index (χ2v) is 4.36. The minimum absolute atomic E-state index is 0. The molecule has 1 heterocycles. The predicted molar refractivity (Wildman–Crippen MR) is 69.0 cm³/mol. The van der Waals surface area contributed by atoms with Crippen LogP contribution in [-0.2, 0) is 0 Å². The van der Waals surface area contributed by atoms with Crippen molar-refractivity contribution in [3.63, 3.8) is 0 Å². The Bertz CT molecular complexity index is 344. The summed E-state index contributed by atoms with van der Waals surface area (Å²) in [5.41, 5.74) is 0.995. The summed E-state index contributed by atoms with van der Waals surface area (Å²) < 4.78 is 0. The van der Waals surface area contributed by atoms with Gasteiger partial charge in [-0.25, -0.2) is 0 Å². The molecule has 90 valence electrons. The van der Waals surface area contributed by atoms with Gasteiger partial charge in [0, 0.05) is 25.7 Å². The fraction of sp³-hybridized carbons (Fsp3) is 0.400. The molecule has 0 radical (unpaired) electrons. The van der Waals surface area contributed by atoms with Gasteiger partial charge in [0.05, 0.1) is 10.0 Å². The number of benzene rings is 1. The number of rotatable bonds is 1. The zero-order valence-corrected chi connectivity index (χ0v) is 10.8. The SMILES string of the molecule is Cl.Oc1c(Cl)cc([C@H]2CNCCN2)cc1Cl. The number of phenols is 1. The molecule has 1 aromatic rings. The van der Waals surface area contributed by atoms with Crippen molar-refractivity contribution in [1.82, 2.24) is 10.6 Å². The average molecular weight is 284 g/mol. The van der Waals surface area contributed by atoms with Crippen LogP contribution in [0.2, 0.25) is 10.0 Å². The Morgan fingerprint density at radius 1 is 1.19 bits per heavy atom. The van der Waals surface area contributed by atoms with E-state index >= 15 is 0 Å². The van der Waals surface area contributed by atoms with E-state index in [1.807, 2.05) is 0 Å². The molecule has 0 aliphatic carbocycles. The van der Waals surface area contributed by atoms with E-state index in [-0.39, 0.29) is 24.2 Å². The summed E-state index contributed by atoms with van der Waals surface area (Å²) in [4.78, 5) is 0. The van der Waals surface area contributed by atoms with Crippen molar-refractivity contribution in [1.29, 1.82) is 0 Å². The third-order valence-corrected chi connectivity index (χ3v) is 3.06. The molecule has 0 aromatic heterocycles. The third-order valence-electron chi connectivity index (χ3n) is 2.48. The molecule has 3 nitrogen and oxygen atoms in total. The van der Waals surface area contributed by atoms with E-state index < -0.39 is 0 Å². The predicted octanol–water partition coefficient (Wildman–Crippen LogP) is 2.35. The smallest absolute Gasteiger partial charge is 0.152 e. The van der Waals surface area contributed by atoms with Crippen molar-refractivity contribution in [3.8, 4) is 5.75 Å². The van der Waals surface area contributed by atoms with Gasteiger partial charge < -0.3 is 15.7 Å². The lowest BCUT2D eigenvalue weighted by Gasteiger charge is -2.25. The van der Waals surface area contributed by atoms with Crippen LogP contribution in [-0.4, -0.2) is 24.7 Å². The van der Waals surface area contributed by atoms with E-state index in [2.05, 4.69) is 10.6 Å². The van der Waals surface area contributed by atoms with Gasteiger partial charge in [0.2, 0.25) is 0 Å². The largest absolute Gasteiger partial charge is 0.505 e. The van der Waals surface area contributed by atoms with Gasteiger partial charge >= 0.3 is 0 Å². The van der Waals surface area contributed by atoms with E-state index in [0.29, 0.717) is 10.0 Å². The molecule has 1 saturated heterocycles. The monoisotopic (exact) mass is 282 g/mol. The number of aromatic hydroxyl groups is 1. The van der Waals surface area contributed by atoms with Gasteiger partial charge in [-0.3, -0.25) is 0 Å². The highest BCUT2D eigenvalue weighted by atomic mass is 35.5. The van der Waals surface area contributed by atoms with Crippen LogP contribution in [0.25, 0.3) is 0 Å². The fourth-order valence-electron chi connectivity index (χ4n) is 1.68. The normalized spacial score (nSPS) is 20.2. The number of hydrogen-bond donors (Lipinski definition) is 3. The summed E-state index contributed by atoms with van der Waals surface area (Å²) >= 11 is 11.7. The first-order chi connectivity index (χ1) is 7.18. The number of phenolic OH excluding ortho intramolecular Hbond substituents is 1. The van der Waals surface area contributed by atoms with E-state index in [1.54, 1.807) is 12.1 Å². The number of hydrogen-bond acceptors (Lipinski definition) is 3. The minimum atomic E-state index is -0.0501. The van der Waals surface area contributed by atoms with E-state index in [1.165, 1.54) is 0 Å². The van der Waals surface area contributed by atoms with Gasteiger partial charge in [-0.15, -0.1) is 12.4 Å². The molecule has 1 atom stereocenters. The van der Waals surface area contributed by atoms with Gasteiger partial charge in [-0.1, -0.05) is 23.2 Å². The first kappa shape index (κ1) is 13.9. The molecule has 0 unspecified atom stereocenters. The molecule has 1 aliphatic rings. The summed E-state index contributed by atoms with van der Waals surface area (Å²) in [7, 11) is 0. The molecule has 1 aliphatic heterocycles. The average Bonchev–Trinajstić information content (AvgIpc) is 2.26. The highest BCUT2D eigenvalue weighted by Gasteiger charge is 2.17. The van der Waals surface area contributed by atoms with Crippen molar-refractivity contribution >= 4 is 35.6 Å². The molecule has 0 amide bonds. The van der Waals surface area contributed by atoms with Crippen LogP contribution in [0.3, 0.4) is 0 Å². The Morgan fingerprint density at radius 2 is 1.81 bits per heavy atom. The highest BCUT2D eigenvalue weighted by Crippen LogP contribution is 2.34. The van der Waals surface area contributed by atoms with E-state index in [9.17, 15) is 5.11 Å². The molecule has 2 rings (SSSR count). The Labute approximate surface area is 111 Å². The van der Waals surface area contributed by atoms with Crippen LogP contribution in [0.1, 0.15) is 11.6 Å². The summed E-state index contributed by atoms with van der Waals surface area (Å²) in [5.74, 6) is -0.0501. The van der Waals surface area contributed by atoms with Crippen LogP contribution >= 0.6 is 35.6 Å². The molecular weight excluding hydrogens is 270 g/mol. The Hall–Kier alpha value is -0.190. The maximum Gasteiger partial charge on any atom is 0.152 e. The standard InChI is InChI=1S/C10H12Cl2N2O.ClH/c11-7-3-6(4-8(12)10(7)15)9-5-13-1-2-14-9;/h3-4,9,13-15H,1-2,5H2;1H/t9-;/m1./s1. The van der Waals surface area contributed by atoms with Crippen LogP contribution in [0.4, 0.5) is 0 Å². The van der Waals surface area contributed by atoms with Crippen molar-refractivity contribution < 1.29 is 5.11 Å². The van der Waals surface area contributed by atoms with Crippen LogP contribution < -0.4 is 10.6 Å². The van der Waals surface area contributed by atoms with Crippen molar-refractivity contribution in [2.24, 2.45) is 0 Å². The van der Waals surface area contributed by atoms with Crippen LogP contribution in [0.5, 0.6) is 5.75 Å². The molecule has 0 spiro atoms. The first-order valence-electron chi connectivity index (χ1n) is 4.80. The van der Waals surface area contributed by atoms with Crippen LogP contribution in [0.15, 0.2) is 12.1 Å². The molecule has 3 N–H and O–H groups in total. The van der Waals surface area contributed by atoms with Crippen molar-refractivity contribution in [3.05, 3.63) is 27.7 Å². The van der Waals surface area contributed by atoms with E-state index in [4.69, 9.17) is 23.2 Å². The lowest BCUT2D eigenvalue weighted by Crippen LogP contribution is -2.42. The van der Waals surface area contributed by atoms with Crippen molar-refractivity contribution in [2.45, 2.75) is 6.04 Å². The number of nitrogens with one attached hydrogen (secondary N) is 2. The quantitative estimate of drug-likeness (QED) is 0.741. The van der Waals surface area contributed by atoms with Crippen LogP contribution in [0, 0.1) is 0 Å². The molecular formula is C10H13Cl3N2O. The molecule has 1 aromatic carbocycles. The van der Waals surface area contributed by atoms with Gasteiger partial charge in [0.15, 0.2) is 5.75 Å². The zero-order chi connectivity index (χ0) is 10.8. The Balaban J connectivity index is 0.00000128. The minimum Gasteiger partial charge on any atom is -0.505 e. The summed E-state index contributed by atoms with van der Waals surface area (Å²) in [6, 6.07) is 3.69. The molecule has 1 fully saturated rings. The second-order valence-electron chi connectivity index (χ2n) is 3.54. The molecule has 6 heteroatoms. The number of halogens is 3. The summed E-state index contributed by atoms with van der Waals surface area (Å²) in [6.07, 6.45) is 0. The highest BCUT2D eigenvalue weighted by molar-refractivity contribution is 6.37. The van der Waals surface area contributed by atoms with Gasteiger partial charge in [-0.05, 0) is 17.7 Å². The van der Waals surface area contributed by atoms with Gasteiger partial charge in [-0.2, -0.15) is 0 Å². The lowest BCUT2D eigenvalue weighted by molar-refractivity contribution is 0.429. The molecule has 0 bridgehead atoms. The number of piperazine rings is 1.